The van der Waals surface area contributed by atoms with E-state index < -0.39 is 0 Å². The maximum atomic E-state index is 6.26. The Balaban J connectivity index is 2.03. The fourth-order valence-corrected chi connectivity index (χ4v) is 3.54. The van der Waals surface area contributed by atoms with Gasteiger partial charge in [0.25, 0.3) is 0 Å². The van der Waals surface area contributed by atoms with Crippen molar-refractivity contribution in [2.45, 2.75) is 25.8 Å². The van der Waals surface area contributed by atoms with E-state index in [9.17, 15) is 0 Å². The maximum Gasteiger partial charge on any atom is 0.111 e. The summed E-state index contributed by atoms with van der Waals surface area (Å²) < 4.78 is 2.22. The molecule has 0 spiro atoms. The summed E-state index contributed by atoms with van der Waals surface area (Å²) >= 11 is 13.9. The molecule has 21 heavy (non-hydrogen) atoms. The highest BCUT2D eigenvalue weighted by molar-refractivity contribution is 7.09. The van der Waals surface area contributed by atoms with Gasteiger partial charge in [0, 0.05) is 36.3 Å². The van der Waals surface area contributed by atoms with Crippen LogP contribution in [0.2, 0.25) is 5.02 Å². The molecular formula is C15H15Cl2N3S. The van der Waals surface area contributed by atoms with Crippen molar-refractivity contribution in [1.82, 2.24) is 14.5 Å². The monoisotopic (exact) mass is 339 g/mol. The van der Waals surface area contributed by atoms with Crippen molar-refractivity contribution in [2.24, 2.45) is 0 Å². The molecule has 1 atom stereocenters. The van der Waals surface area contributed by atoms with Crippen LogP contribution >= 0.6 is 34.5 Å². The third-order valence-corrected chi connectivity index (χ3v) is 4.96. The number of thiazole rings is 1. The Labute approximate surface area is 137 Å². The van der Waals surface area contributed by atoms with Gasteiger partial charge in [-0.1, -0.05) is 24.6 Å². The smallest absolute Gasteiger partial charge is 0.111 e. The highest BCUT2D eigenvalue weighted by Crippen LogP contribution is 2.27. The number of halogens is 2. The van der Waals surface area contributed by atoms with Gasteiger partial charge in [0.2, 0.25) is 0 Å². The van der Waals surface area contributed by atoms with Crippen molar-refractivity contribution < 1.29 is 0 Å². The standard InChI is InChI=1S/C15H15Cl2N3S/c1-10(15-18-7-8-21-15)9-20-12-4-2-3-11(17)14(12)19-13(20)5-6-16/h2-4,7-8,10H,5-6,9H2,1H3. The van der Waals surface area contributed by atoms with Crippen molar-refractivity contribution >= 4 is 45.6 Å². The summed E-state index contributed by atoms with van der Waals surface area (Å²) in [6, 6.07) is 5.89. The number of hydrogen-bond donors (Lipinski definition) is 0. The normalized spacial score (nSPS) is 12.9. The fourth-order valence-electron chi connectivity index (χ4n) is 2.47. The molecule has 110 valence electrons. The number of nitrogens with zero attached hydrogens (tertiary/aromatic N) is 3. The summed E-state index contributed by atoms with van der Waals surface area (Å²) in [5.41, 5.74) is 1.91. The van der Waals surface area contributed by atoms with Crippen LogP contribution in [-0.2, 0) is 13.0 Å². The van der Waals surface area contributed by atoms with Gasteiger partial charge in [0.05, 0.1) is 15.5 Å². The molecule has 0 fully saturated rings. The predicted octanol–water partition coefficient (Wildman–Crippen LogP) is 4.73. The van der Waals surface area contributed by atoms with Crippen LogP contribution in [0.25, 0.3) is 11.0 Å². The highest BCUT2D eigenvalue weighted by atomic mass is 35.5. The molecule has 0 radical (unpaired) electrons. The predicted molar refractivity (Wildman–Crippen MR) is 89.7 cm³/mol. The van der Waals surface area contributed by atoms with Crippen LogP contribution in [0.5, 0.6) is 0 Å². The SMILES string of the molecule is CC(Cn1c(CCCl)nc2c(Cl)cccc21)c1nccs1. The van der Waals surface area contributed by atoms with Gasteiger partial charge in [0.15, 0.2) is 0 Å². The van der Waals surface area contributed by atoms with E-state index in [1.807, 2.05) is 23.7 Å². The van der Waals surface area contributed by atoms with E-state index in [2.05, 4.69) is 27.5 Å². The van der Waals surface area contributed by atoms with E-state index in [1.54, 1.807) is 11.3 Å². The first kappa shape index (κ1) is 14.8. The Morgan fingerprint density at radius 3 is 2.95 bits per heavy atom. The lowest BCUT2D eigenvalue weighted by atomic mass is 10.2. The van der Waals surface area contributed by atoms with E-state index >= 15 is 0 Å². The molecule has 0 amide bonds. The average molecular weight is 340 g/mol. The largest absolute Gasteiger partial charge is 0.327 e. The number of fused-ring (bicyclic) bond motifs is 1. The van der Waals surface area contributed by atoms with E-state index in [4.69, 9.17) is 23.2 Å². The molecule has 0 aliphatic heterocycles. The second-order valence-electron chi connectivity index (χ2n) is 4.96. The number of alkyl halides is 1. The Bertz CT molecular complexity index is 737. The van der Waals surface area contributed by atoms with Gasteiger partial charge in [-0.05, 0) is 12.1 Å². The summed E-state index contributed by atoms with van der Waals surface area (Å²) in [4.78, 5) is 9.07. The van der Waals surface area contributed by atoms with Gasteiger partial charge in [-0.25, -0.2) is 9.97 Å². The van der Waals surface area contributed by atoms with Gasteiger partial charge in [-0.15, -0.1) is 22.9 Å². The third kappa shape index (κ3) is 2.93. The van der Waals surface area contributed by atoms with Crippen LogP contribution in [0, 0.1) is 0 Å². The molecule has 2 aromatic heterocycles. The topological polar surface area (TPSA) is 30.7 Å². The Morgan fingerprint density at radius 1 is 1.38 bits per heavy atom. The quantitative estimate of drug-likeness (QED) is 0.629. The number of imidazole rings is 1. The zero-order valence-electron chi connectivity index (χ0n) is 11.6. The Morgan fingerprint density at radius 2 is 2.24 bits per heavy atom. The second kappa shape index (κ2) is 6.34. The zero-order valence-corrected chi connectivity index (χ0v) is 13.9. The van der Waals surface area contributed by atoms with Crippen LogP contribution < -0.4 is 0 Å². The summed E-state index contributed by atoms with van der Waals surface area (Å²) in [5, 5.41) is 3.83. The minimum atomic E-state index is 0.329. The van der Waals surface area contributed by atoms with Crippen LogP contribution in [0.1, 0.15) is 23.7 Å². The molecule has 3 aromatic rings. The number of rotatable bonds is 5. The molecule has 0 aliphatic carbocycles. The number of aryl methyl sites for hydroxylation is 1. The molecule has 0 N–H and O–H groups in total. The number of hydrogen-bond acceptors (Lipinski definition) is 3. The van der Waals surface area contributed by atoms with Gasteiger partial charge in [-0.2, -0.15) is 0 Å². The van der Waals surface area contributed by atoms with Crippen LogP contribution in [-0.4, -0.2) is 20.4 Å². The molecule has 1 unspecified atom stereocenters. The van der Waals surface area contributed by atoms with Crippen LogP contribution in [0.3, 0.4) is 0 Å². The number of aromatic nitrogens is 3. The molecule has 6 heteroatoms. The first-order valence-corrected chi connectivity index (χ1v) is 8.59. The number of benzene rings is 1. The molecule has 1 aromatic carbocycles. The molecule has 0 bridgehead atoms. The first-order chi connectivity index (χ1) is 10.2. The van der Waals surface area contributed by atoms with E-state index in [-0.39, 0.29) is 0 Å². The average Bonchev–Trinajstić information content (AvgIpc) is 3.10. The van der Waals surface area contributed by atoms with Crippen molar-refractivity contribution in [3.05, 3.63) is 45.6 Å². The van der Waals surface area contributed by atoms with Gasteiger partial charge in [-0.3, -0.25) is 0 Å². The Hall–Kier alpha value is -1.10. The molecule has 0 aliphatic rings. The number of para-hydroxylation sites is 1. The third-order valence-electron chi connectivity index (χ3n) is 3.46. The minimum Gasteiger partial charge on any atom is -0.327 e. The van der Waals surface area contributed by atoms with Crippen LogP contribution in [0.4, 0.5) is 0 Å². The molecule has 0 saturated carbocycles. The lowest BCUT2D eigenvalue weighted by molar-refractivity contribution is 0.586. The minimum absolute atomic E-state index is 0.329. The van der Waals surface area contributed by atoms with Crippen molar-refractivity contribution in [3.8, 4) is 0 Å². The highest BCUT2D eigenvalue weighted by Gasteiger charge is 2.16. The van der Waals surface area contributed by atoms with Crippen LogP contribution in [0.15, 0.2) is 29.8 Å². The summed E-state index contributed by atoms with van der Waals surface area (Å²) in [7, 11) is 0. The molecule has 0 saturated heterocycles. The van der Waals surface area contributed by atoms with Crippen molar-refractivity contribution in [3.63, 3.8) is 0 Å². The lowest BCUT2D eigenvalue weighted by Gasteiger charge is -2.13. The van der Waals surface area contributed by atoms with E-state index in [0.717, 1.165) is 34.8 Å². The second-order valence-corrected chi connectivity index (χ2v) is 6.67. The maximum absolute atomic E-state index is 6.26. The fraction of sp³-hybridized carbons (Fsp3) is 0.333. The summed E-state index contributed by atoms with van der Waals surface area (Å²) in [5.74, 6) is 1.86. The van der Waals surface area contributed by atoms with Gasteiger partial charge >= 0.3 is 0 Å². The summed E-state index contributed by atoms with van der Waals surface area (Å²) in [6.45, 7) is 3.01. The molecule has 3 nitrogen and oxygen atoms in total. The molecular weight excluding hydrogens is 325 g/mol. The Kier molecular flexibility index (Phi) is 4.48. The van der Waals surface area contributed by atoms with Crippen molar-refractivity contribution in [2.75, 3.05) is 5.88 Å². The van der Waals surface area contributed by atoms with Gasteiger partial charge < -0.3 is 4.57 Å². The van der Waals surface area contributed by atoms with E-state index in [1.165, 1.54) is 0 Å². The summed E-state index contributed by atoms with van der Waals surface area (Å²) in [6.07, 6.45) is 2.58. The zero-order chi connectivity index (χ0) is 14.8. The van der Waals surface area contributed by atoms with E-state index in [0.29, 0.717) is 16.8 Å². The van der Waals surface area contributed by atoms with Gasteiger partial charge in [0.1, 0.15) is 11.3 Å². The molecule has 3 rings (SSSR count). The lowest BCUT2D eigenvalue weighted by Crippen LogP contribution is -2.10. The molecule has 2 heterocycles. The first-order valence-electron chi connectivity index (χ1n) is 6.79. The van der Waals surface area contributed by atoms with Crippen molar-refractivity contribution in [1.29, 1.82) is 0 Å².